The van der Waals surface area contributed by atoms with Crippen LogP contribution in [0.1, 0.15) is 5.56 Å². The summed E-state index contributed by atoms with van der Waals surface area (Å²) in [4.78, 5) is 10.9. The molecule has 0 unspecified atom stereocenters. The number of rotatable bonds is 3. The predicted octanol–water partition coefficient (Wildman–Crippen LogP) is 1.80. The van der Waals surface area contributed by atoms with E-state index in [9.17, 15) is 4.79 Å². The van der Waals surface area contributed by atoms with Crippen LogP contribution in [-0.4, -0.2) is 24.8 Å². The van der Waals surface area contributed by atoms with E-state index in [2.05, 4.69) is 11.8 Å². The number of hydrogen-bond acceptors (Lipinski definition) is 2. The molecule has 1 aromatic rings. The van der Waals surface area contributed by atoms with Gasteiger partial charge in [0.15, 0.2) is 0 Å². The molecule has 0 aromatic heterocycles. The molecule has 0 atom stereocenters. The lowest BCUT2D eigenvalue weighted by atomic mass is 10.1. The highest BCUT2D eigenvalue weighted by atomic mass is 16.5. The van der Waals surface area contributed by atoms with E-state index in [4.69, 9.17) is 9.84 Å². The standard InChI is InChI=1S/C13H12O3/c1-16-9-5-8-12(13(14)15)10-11-6-3-2-4-7-11/h2-4,6-7,10H,9H2,1H3,(H,14,15)/b12-10+. The molecule has 3 nitrogen and oxygen atoms in total. The van der Waals surface area contributed by atoms with Gasteiger partial charge in [-0.15, -0.1) is 0 Å². The Hall–Kier alpha value is -2.05. The molecule has 0 fully saturated rings. The van der Waals surface area contributed by atoms with Gasteiger partial charge in [0.2, 0.25) is 0 Å². The summed E-state index contributed by atoms with van der Waals surface area (Å²) in [6, 6.07) is 9.19. The van der Waals surface area contributed by atoms with Gasteiger partial charge in [-0.3, -0.25) is 0 Å². The fourth-order valence-corrected chi connectivity index (χ4v) is 1.07. The minimum Gasteiger partial charge on any atom is -0.477 e. The molecule has 0 saturated carbocycles. The number of aliphatic carboxylic acids is 1. The molecule has 16 heavy (non-hydrogen) atoms. The highest BCUT2D eigenvalue weighted by molar-refractivity contribution is 5.97. The van der Waals surface area contributed by atoms with Crippen molar-refractivity contribution in [2.24, 2.45) is 0 Å². The SMILES string of the molecule is COCC#C/C(=C\c1ccccc1)C(=O)O. The first-order valence-corrected chi connectivity index (χ1v) is 4.72. The van der Waals surface area contributed by atoms with Crippen LogP contribution in [0, 0.1) is 11.8 Å². The maximum Gasteiger partial charge on any atom is 0.344 e. The molecule has 82 valence electrons. The van der Waals surface area contributed by atoms with E-state index in [1.165, 1.54) is 13.2 Å². The number of hydrogen-bond donors (Lipinski definition) is 1. The Kier molecular flexibility index (Phi) is 4.84. The lowest BCUT2D eigenvalue weighted by molar-refractivity contribution is -0.132. The minimum absolute atomic E-state index is 0.0586. The molecule has 0 saturated heterocycles. The van der Waals surface area contributed by atoms with Crippen molar-refractivity contribution >= 4 is 12.0 Å². The molecule has 0 radical (unpaired) electrons. The van der Waals surface area contributed by atoms with Crippen LogP contribution >= 0.6 is 0 Å². The Bertz CT molecular complexity index is 435. The topological polar surface area (TPSA) is 46.5 Å². The number of carboxylic acids is 1. The second kappa shape index (κ2) is 6.44. The fourth-order valence-electron chi connectivity index (χ4n) is 1.07. The maximum absolute atomic E-state index is 10.9. The first-order chi connectivity index (χ1) is 7.74. The third kappa shape index (κ3) is 3.99. The molecule has 3 heteroatoms. The highest BCUT2D eigenvalue weighted by Gasteiger charge is 2.02. The zero-order valence-corrected chi connectivity index (χ0v) is 8.93. The zero-order chi connectivity index (χ0) is 11.8. The number of benzene rings is 1. The van der Waals surface area contributed by atoms with Crippen molar-refractivity contribution in [2.75, 3.05) is 13.7 Å². The van der Waals surface area contributed by atoms with Gasteiger partial charge in [-0.1, -0.05) is 42.2 Å². The lowest BCUT2D eigenvalue weighted by Crippen LogP contribution is -1.98. The van der Waals surface area contributed by atoms with Crippen LogP contribution in [0.3, 0.4) is 0 Å². The molecule has 0 aliphatic carbocycles. The van der Waals surface area contributed by atoms with Gasteiger partial charge in [-0.2, -0.15) is 0 Å². The molecule has 0 aliphatic heterocycles. The fraction of sp³-hybridized carbons (Fsp3) is 0.154. The average Bonchev–Trinajstić information content (AvgIpc) is 2.29. The summed E-state index contributed by atoms with van der Waals surface area (Å²) in [5, 5.41) is 8.92. The summed E-state index contributed by atoms with van der Waals surface area (Å²) >= 11 is 0. The van der Waals surface area contributed by atoms with Crippen molar-refractivity contribution in [1.82, 2.24) is 0 Å². The second-order valence-corrected chi connectivity index (χ2v) is 3.01. The second-order valence-electron chi connectivity index (χ2n) is 3.01. The van der Waals surface area contributed by atoms with Gasteiger partial charge in [0.1, 0.15) is 12.2 Å². The molecule has 1 rings (SSSR count). The van der Waals surface area contributed by atoms with Gasteiger partial charge in [0.05, 0.1) is 0 Å². The largest absolute Gasteiger partial charge is 0.477 e. The van der Waals surface area contributed by atoms with Crippen LogP contribution in [0.2, 0.25) is 0 Å². The van der Waals surface area contributed by atoms with Crippen molar-refractivity contribution in [2.45, 2.75) is 0 Å². The molecular weight excluding hydrogens is 204 g/mol. The Morgan fingerprint density at radius 1 is 1.44 bits per heavy atom. The quantitative estimate of drug-likeness (QED) is 0.619. The van der Waals surface area contributed by atoms with Crippen LogP contribution in [0.4, 0.5) is 0 Å². The predicted molar refractivity (Wildman–Crippen MR) is 61.7 cm³/mol. The van der Waals surface area contributed by atoms with Gasteiger partial charge in [0, 0.05) is 7.11 Å². The Morgan fingerprint density at radius 2 is 2.12 bits per heavy atom. The van der Waals surface area contributed by atoms with Gasteiger partial charge >= 0.3 is 5.97 Å². The van der Waals surface area contributed by atoms with Gasteiger partial charge in [-0.25, -0.2) is 4.79 Å². The maximum atomic E-state index is 10.9. The van der Waals surface area contributed by atoms with Crippen LogP contribution in [0.25, 0.3) is 6.08 Å². The van der Waals surface area contributed by atoms with Crippen LogP contribution in [0.15, 0.2) is 35.9 Å². The first kappa shape index (κ1) is 12.0. The van der Waals surface area contributed by atoms with Crippen LogP contribution < -0.4 is 0 Å². The van der Waals surface area contributed by atoms with Crippen molar-refractivity contribution < 1.29 is 14.6 Å². The van der Waals surface area contributed by atoms with E-state index >= 15 is 0 Å². The zero-order valence-electron chi connectivity index (χ0n) is 8.93. The molecule has 1 aromatic carbocycles. The summed E-state index contributed by atoms with van der Waals surface area (Å²) in [6.07, 6.45) is 1.53. The van der Waals surface area contributed by atoms with Crippen molar-refractivity contribution in [1.29, 1.82) is 0 Å². The summed E-state index contributed by atoms with van der Waals surface area (Å²) in [6.45, 7) is 0.222. The van der Waals surface area contributed by atoms with E-state index < -0.39 is 5.97 Å². The van der Waals surface area contributed by atoms with E-state index in [0.29, 0.717) is 0 Å². The average molecular weight is 216 g/mol. The summed E-state index contributed by atoms with van der Waals surface area (Å²) < 4.78 is 4.73. The minimum atomic E-state index is -1.03. The Balaban J connectivity index is 2.92. The lowest BCUT2D eigenvalue weighted by Gasteiger charge is -1.94. The normalized spacial score (nSPS) is 10.4. The summed E-state index contributed by atoms with van der Waals surface area (Å²) in [7, 11) is 1.51. The number of carboxylic acid groups (broad SMARTS) is 1. The number of carbonyl (C=O) groups is 1. The molecule has 1 N–H and O–H groups in total. The van der Waals surface area contributed by atoms with Crippen LogP contribution in [0.5, 0.6) is 0 Å². The van der Waals surface area contributed by atoms with Gasteiger partial charge in [0.25, 0.3) is 0 Å². The highest BCUT2D eigenvalue weighted by Crippen LogP contribution is 2.05. The van der Waals surface area contributed by atoms with Crippen LogP contribution in [-0.2, 0) is 9.53 Å². The third-order valence-corrected chi connectivity index (χ3v) is 1.78. The number of ether oxygens (including phenoxy) is 1. The summed E-state index contributed by atoms with van der Waals surface area (Å²) in [5.41, 5.74) is 0.870. The first-order valence-electron chi connectivity index (χ1n) is 4.72. The Labute approximate surface area is 94.4 Å². The molecule has 0 heterocycles. The molecule has 0 spiro atoms. The van der Waals surface area contributed by atoms with Gasteiger partial charge < -0.3 is 9.84 Å². The van der Waals surface area contributed by atoms with E-state index in [0.717, 1.165) is 5.56 Å². The smallest absolute Gasteiger partial charge is 0.344 e. The van der Waals surface area contributed by atoms with Gasteiger partial charge in [-0.05, 0) is 11.6 Å². The van der Waals surface area contributed by atoms with E-state index in [-0.39, 0.29) is 12.2 Å². The summed E-state index contributed by atoms with van der Waals surface area (Å²) in [5.74, 6) is 4.14. The molecular formula is C13H12O3. The van der Waals surface area contributed by atoms with Crippen molar-refractivity contribution in [3.05, 3.63) is 41.5 Å². The Morgan fingerprint density at radius 3 is 2.69 bits per heavy atom. The number of methoxy groups -OCH3 is 1. The third-order valence-electron chi connectivity index (χ3n) is 1.78. The van der Waals surface area contributed by atoms with Crippen molar-refractivity contribution in [3.8, 4) is 11.8 Å². The molecule has 0 bridgehead atoms. The van der Waals surface area contributed by atoms with E-state index in [1.54, 1.807) is 0 Å². The van der Waals surface area contributed by atoms with E-state index in [1.807, 2.05) is 30.3 Å². The molecule has 0 aliphatic rings. The molecule has 0 amide bonds. The monoisotopic (exact) mass is 216 g/mol. The van der Waals surface area contributed by atoms with Crippen molar-refractivity contribution in [3.63, 3.8) is 0 Å².